The Balaban J connectivity index is 1.80. The molecule has 1 N–H and O–H groups in total. The molecule has 2 aromatic carbocycles. The number of methoxy groups -OCH3 is 2. The molecule has 6 heteroatoms. The van der Waals surface area contributed by atoms with Gasteiger partial charge in [0.05, 0.1) is 19.9 Å². The fourth-order valence-corrected chi connectivity index (χ4v) is 2.09. The van der Waals surface area contributed by atoms with E-state index in [9.17, 15) is 0 Å². The van der Waals surface area contributed by atoms with Gasteiger partial charge in [-0.15, -0.1) is 0 Å². The lowest BCUT2D eigenvalue weighted by molar-refractivity contribution is 0.395. The fourth-order valence-electron chi connectivity index (χ4n) is 2.09. The molecule has 0 aliphatic heterocycles. The molecule has 0 aliphatic rings. The predicted octanol–water partition coefficient (Wildman–Crippen LogP) is 4.03. The zero-order valence-electron chi connectivity index (χ0n) is 13.4. The van der Waals surface area contributed by atoms with Crippen LogP contribution in [0.5, 0.6) is 23.1 Å². The molecular weight excluding hydrogens is 306 g/mol. The van der Waals surface area contributed by atoms with Crippen molar-refractivity contribution in [2.24, 2.45) is 0 Å². The maximum absolute atomic E-state index is 5.71. The summed E-state index contributed by atoms with van der Waals surface area (Å²) in [6.45, 7) is 0. The molecule has 0 unspecified atom stereocenters. The Kier molecular flexibility index (Phi) is 4.76. The highest BCUT2D eigenvalue weighted by atomic mass is 16.5. The van der Waals surface area contributed by atoms with Crippen molar-refractivity contribution >= 4 is 11.6 Å². The largest absolute Gasteiger partial charge is 0.497 e. The van der Waals surface area contributed by atoms with Crippen LogP contribution >= 0.6 is 0 Å². The van der Waals surface area contributed by atoms with Crippen LogP contribution in [0.3, 0.4) is 0 Å². The molecule has 0 aliphatic carbocycles. The molecule has 3 aromatic rings. The number of rotatable bonds is 6. The van der Waals surface area contributed by atoms with Crippen molar-refractivity contribution in [2.75, 3.05) is 19.5 Å². The molecule has 0 amide bonds. The van der Waals surface area contributed by atoms with Crippen LogP contribution in [-0.4, -0.2) is 24.2 Å². The second-order valence-electron chi connectivity index (χ2n) is 4.82. The van der Waals surface area contributed by atoms with Crippen molar-refractivity contribution < 1.29 is 14.2 Å². The minimum atomic E-state index is 0.409. The van der Waals surface area contributed by atoms with Crippen LogP contribution in [0, 0.1) is 0 Å². The summed E-state index contributed by atoms with van der Waals surface area (Å²) in [5.41, 5.74) is 0.732. The number of benzene rings is 2. The molecule has 122 valence electrons. The van der Waals surface area contributed by atoms with Gasteiger partial charge in [-0.2, -0.15) is 4.98 Å². The van der Waals surface area contributed by atoms with Crippen LogP contribution in [0.2, 0.25) is 0 Å². The van der Waals surface area contributed by atoms with Crippen molar-refractivity contribution in [1.29, 1.82) is 0 Å². The van der Waals surface area contributed by atoms with Crippen LogP contribution in [0.1, 0.15) is 0 Å². The minimum Gasteiger partial charge on any atom is -0.497 e. The maximum atomic E-state index is 5.71. The first-order valence-electron chi connectivity index (χ1n) is 7.33. The SMILES string of the molecule is COc1ccc(Nc2nccc(Oc3ccccc3)n2)c(OC)c1. The van der Waals surface area contributed by atoms with Gasteiger partial charge in [-0.1, -0.05) is 18.2 Å². The molecule has 0 fully saturated rings. The number of hydrogen-bond acceptors (Lipinski definition) is 6. The second-order valence-corrected chi connectivity index (χ2v) is 4.82. The molecule has 0 spiro atoms. The Morgan fingerprint density at radius 2 is 1.71 bits per heavy atom. The summed E-state index contributed by atoms with van der Waals surface area (Å²) in [6, 6.07) is 16.6. The number of nitrogens with one attached hydrogen (secondary N) is 1. The van der Waals surface area contributed by atoms with Gasteiger partial charge in [0.25, 0.3) is 0 Å². The van der Waals surface area contributed by atoms with E-state index in [0.717, 1.165) is 5.69 Å². The normalized spacial score (nSPS) is 10.1. The first-order chi connectivity index (χ1) is 11.8. The van der Waals surface area contributed by atoms with Gasteiger partial charge in [0.2, 0.25) is 11.8 Å². The molecule has 3 rings (SSSR count). The van der Waals surface area contributed by atoms with Gasteiger partial charge in [-0.05, 0) is 24.3 Å². The maximum Gasteiger partial charge on any atom is 0.230 e. The highest BCUT2D eigenvalue weighted by Gasteiger charge is 2.08. The van der Waals surface area contributed by atoms with E-state index in [1.54, 1.807) is 32.5 Å². The molecule has 0 atom stereocenters. The Hall–Kier alpha value is -3.28. The topological polar surface area (TPSA) is 65.5 Å². The molecule has 1 heterocycles. The van der Waals surface area contributed by atoms with E-state index in [1.807, 2.05) is 42.5 Å². The number of ether oxygens (including phenoxy) is 3. The van der Waals surface area contributed by atoms with Crippen molar-refractivity contribution in [1.82, 2.24) is 9.97 Å². The van der Waals surface area contributed by atoms with Crippen LogP contribution in [0.25, 0.3) is 0 Å². The third kappa shape index (κ3) is 3.73. The summed E-state index contributed by atoms with van der Waals surface area (Å²) in [4.78, 5) is 8.56. The molecule has 24 heavy (non-hydrogen) atoms. The molecular formula is C18H17N3O3. The van der Waals surface area contributed by atoms with E-state index >= 15 is 0 Å². The molecule has 0 bridgehead atoms. The molecule has 6 nitrogen and oxygen atoms in total. The van der Waals surface area contributed by atoms with E-state index < -0.39 is 0 Å². The summed E-state index contributed by atoms with van der Waals surface area (Å²) in [5.74, 6) is 2.91. The number of para-hydroxylation sites is 1. The van der Waals surface area contributed by atoms with Crippen LogP contribution in [0.15, 0.2) is 60.8 Å². The minimum absolute atomic E-state index is 0.409. The standard InChI is InChI=1S/C18H17N3O3/c1-22-14-8-9-15(16(12-14)23-2)20-18-19-11-10-17(21-18)24-13-6-4-3-5-7-13/h3-12H,1-2H3,(H,19,20,21). The molecule has 0 saturated carbocycles. The Labute approximate surface area is 140 Å². The van der Waals surface area contributed by atoms with E-state index in [1.165, 1.54) is 0 Å². The third-order valence-corrected chi connectivity index (χ3v) is 3.25. The monoisotopic (exact) mass is 323 g/mol. The molecule has 0 saturated heterocycles. The van der Waals surface area contributed by atoms with Crippen LogP contribution in [0.4, 0.5) is 11.6 Å². The smallest absolute Gasteiger partial charge is 0.230 e. The third-order valence-electron chi connectivity index (χ3n) is 3.25. The first-order valence-corrected chi connectivity index (χ1v) is 7.33. The zero-order chi connectivity index (χ0) is 16.8. The fraction of sp³-hybridized carbons (Fsp3) is 0.111. The highest BCUT2D eigenvalue weighted by molar-refractivity contribution is 5.64. The van der Waals surface area contributed by atoms with E-state index in [-0.39, 0.29) is 0 Å². The van der Waals surface area contributed by atoms with Crippen molar-refractivity contribution in [3.05, 3.63) is 60.8 Å². The van der Waals surface area contributed by atoms with Gasteiger partial charge in [0.1, 0.15) is 17.2 Å². The second kappa shape index (κ2) is 7.32. The highest BCUT2D eigenvalue weighted by Crippen LogP contribution is 2.31. The molecule has 0 radical (unpaired) electrons. The Bertz CT molecular complexity index is 810. The van der Waals surface area contributed by atoms with Crippen molar-refractivity contribution in [3.8, 4) is 23.1 Å². The quantitative estimate of drug-likeness (QED) is 0.739. The average molecular weight is 323 g/mol. The Morgan fingerprint density at radius 1 is 0.875 bits per heavy atom. The van der Waals surface area contributed by atoms with Gasteiger partial charge in [0, 0.05) is 18.3 Å². The average Bonchev–Trinajstić information content (AvgIpc) is 2.63. The number of aromatic nitrogens is 2. The van der Waals surface area contributed by atoms with Crippen molar-refractivity contribution in [3.63, 3.8) is 0 Å². The summed E-state index contributed by atoms with van der Waals surface area (Å²) in [7, 11) is 3.20. The van der Waals surface area contributed by atoms with E-state index in [0.29, 0.717) is 29.1 Å². The summed E-state index contributed by atoms with van der Waals surface area (Å²) < 4.78 is 16.3. The van der Waals surface area contributed by atoms with Crippen LogP contribution in [-0.2, 0) is 0 Å². The lowest BCUT2D eigenvalue weighted by Gasteiger charge is -2.12. The summed E-state index contributed by atoms with van der Waals surface area (Å²) in [6.07, 6.45) is 1.63. The first kappa shape index (κ1) is 15.6. The predicted molar refractivity (Wildman–Crippen MR) is 91.4 cm³/mol. The number of nitrogens with zero attached hydrogens (tertiary/aromatic N) is 2. The molecule has 1 aromatic heterocycles. The lowest BCUT2D eigenvalue weighted by Crippen LogP contribution is -2.00. The summed E-state index contributed by atoms with van der Waals surface area (Å²) >= 11 is 0. The van der Waals surface area contributed by atoms with Gasteiger partial charge in [-0.3, -0.25) is 0 Å². The van der Waals surface area contributed by atoms with Gasteiger partial charge in [0.15, 0.2) is 0 Å². The van der Waals surface area contributed by atoms with E-state index in [2.05, 4.69) is 15.3 Å². The lowest BCUT2D eigenvalue weighted by atomic mass is 10.2. The number of hydrogen-bond donors (Lipinski definition) is 1. The summed E-state index contributed by atoms with van der Waals surface area (Å²) in [5, 5.41) is 3.12. The van der Waals surface area contributed by atoms with Gasteiger partial charge in [-0.25, -0.2) is 4.98 Å². The van der Waals surface area contributed by atoms with Gasteiger partial charge >= 0.3 is 0 Å². The van der Waals surface area contributed by atoms with Crippen LogP contribution < -0.4 is 19.5 Å². The van der Waals surface area contributed by atoms with Gasteiger partial charge < -0.3 is 19.5 Å². The van der Waals surface area contributed by atoms with E-state index in [4.69, 9.17) is 14.2 Å². The van der Waals surface area contributed by atoms with Crippen molar-refractivity contribution in [2.45, 2.75) is 0 Å². The number of anilines is 2. The zero-order valence-corrected chi connectivity index (χ0v) is 13.4. The Morgan fingerprint density at radius 3 is 2.46 bits per heavy atom.